The van der Waals surface area contributed by atoms with Crippen molar-refractivity contribution in [2.45, 2.75) is 46.5 Å². The average Bonchev–Trinajstić information content (AvgIpc) is 3.23. The number of fused-ring (bicyclic) bond motifs is 1. The molecule has 1 aromatic carbocycles. The summed E-state index contributed by atoms with van der Waals surface area (Å²) in [5, 5.41) is 3.03. The molecule has 8 nitrogen and oxygen atoms in total. The summed E-state index contributed by atoms with van der Waals surface area (Å²) in [7, 11) is 1.82. The second-order valence-corrected chi connectivity index (χ2v) is 7.58. The van der Waals surface area contributed by atoms with Gasteiger partial charge in [0.25, 0.3) is 0 Å². The van der Waals surface area contributed by atoms with E-state index < -0.39 is 0 Å². The minimum Gasteiger partial charge on any atom is -0.454 e. The highest BCUT2D eigenvalue weighted by molar-refractivity contribution is 5.79. The Morgan fingerprint density at radius 2 is 1.88 bits per heavy atom. The fourth-order valence-electron chi connectivity index (χ4n) is 3.41. The van der Waals surface area contributed by atoms with Crippen LogP contribution < -0.4 is 25.4 Å². The number of carbonyl (C=O) groups is 1. The first kappa shape index (κ1) is 25.0. The number of unbranched alkanes of at least 4 members (excludes halogenated alkanes) is 2. The van der Waals surface area contributed by atoms with Crippen molar-refractivity contribution in [2.24, 2.45) is 10.7 Å². The van der Waals surface area contributed by atoms with E-state index in [4.69, 9.17) is 15.2 Å². The Labute approximate surface area is 190 Å². The third kappa shape index (κ3) is 6.87. The van der Waals surface area contributed by atoms with Gasteiger partial charge in [0.1, 0.15) is 5.69 Å². The predicted molar refractivity (Wildman–Crippen MR) is 131 cm³/mol. The number of aliphatic imine (C=N–C) groups is 1. The number of primary amides is 1. The normalized spacial score (nSPS) is 11.4. The molecule has 0 spiro atoms. The molecule has 0 aliphatic carbocycles. The van der Waals surface area contributed by atoms with Gasteiger partial charge in [0.05, 0.1) is 5.69 Å². The minimum atomic E-state index is -0.228. The van der Waals surface area contributed by atoms with Gasteiger partial charge >= 0.3 is 0 Å². The molecule has 174 valence electrons. The van der Waals surface area contributed by atoms with E-state index >= 15 is 0 Å². The van der Waals surface area contributed by atoms with E-state index in [0.29, 0.717) is 13.2 Å². The number of nitrogens with one attached hydrogen (secondary N) is 1. The van der Waals surface area contributed by atoms with Gasteiger partial charge in [0.15, 0.2) is 17.3 Å². The monoisotopic (exact) mass is 441 g/mol. The smallest absolute Gasteiger partial charge is 0.231 e. The van der Waals surface area contributed by atoms with Crippen molar-refractivity contribution in [3.8, 4) is 11.5 Å². The maximum Gasteiger partial charge on any atom is 0.231 e. The number of carbonyl (C=O) groups excluding carboxylic acids is 1. The van der Waals surface area contributed by atoms with Crippen molar-refractivity contribution in [3.63, 3.8) is 0 Å². The highest BCUT2D eigenvalue weighted by Gasteiger charge is 2.14. The summed E-state index contributed by atoms with van der Waals surface area (Å²) >= 11 is 0. The zero-order valence-electron chi connectivity index (χ0n) is 19.6. The maximum atomic E-state index is 10.7. The van der Waals surface area contributed by atoms with Crippen molar-refractivity contribution < 1.29 is 14.3 Å². The van der Waals surface area contributed by atoms with Gasteiger partial charge in [-0.3, -0.25) is 9.79 Å². The van der Waals surface area contributed by atoms with Crippen LogP contribution in [-0.2, 0) is 4.79 Å². The first-order valence-electron chi connectivity index (χ1n) is 10.9. The zero-order chi connectivity index (χ0) is 23.5. The molecule has 0 atom stereocenters. The molecule has 0 saturated heterocycles. The lowest BCUT2D eigenvalue weighted by molar-refractivity contribution is -0.118. The van der Waals surface area contributed by atoms with Crippen LogP contribution in [0.5, 0.6) is 11.5 Å². The van der Waals surface area contributed by atoms with Crippen LogP contribution in [0, 0.1) is 13.8 Å². The molecule has 0 bridgehead atoms. The Bertz CT molecular complexity index is 888. The van der Waals surface area contributed by atoms with E-state index in [1.165, 1.54) is 11.1 Å². The molecule has 1 aliphatic rings. The summed E-state index contributed by atoms with van der Waals surface area (Å²) in [6.45, 7) is 12.0. The van der Waals surface area contributed by atoms with Gasteiger partial charge in [-0.1, -0.05) is 6.42 Å². The number of pyridine rings is 1. The van der Waals surface area contributed by atoms with Crippen LogP contribution in [-0.4, -0.2) is 44.5 Å². The number of nitrogens with zero attached hydrogens (tertiary/aromatic N) is 3. The molecule has 32 heavy (non-hydrogen) atoms. The lowest BCUT2D eigenvalue weighted by atomic mass is 10.1. The van der Waals surface area contributed by atoms with Crippen LogP contribution in [0.15, 0.2) is 29.4 Å². The number of benzene rings is 1. The number of nitrogens with two attached hydrogens (primary N) is 1. The summed E-state index contributed by atoms with van der Waals surface area (Å²) in [5.41, 5.74) is 9.43. The quantitative estimate of drug-likeness (QED) is 0.420. The van der Waals surface area contributed by atoms with Gasteiger partial charge in [0.2, 0.25) is 12.7 Å². The first-order chi connectivity index (χ1) is 15.4. The molecule has 1 amide bonds. The largest absolute Gasteiger partial charge is 0.454 e. The van der Waals surface area contributed by atoms with E-state index in [9.17, 15) is 4.79 Å². The molecule has 1 aromatic heterocycles. The second kappa shape index (κ2) is 12.5. The molecule has 1 aliphatic heterocycles. The van der Waals surface area contributed by atoms with E-state index in [0.717, 1.165) is 61.0 Å². The molecular weight excluding hydrogens is 406 g/mol. The summed E-state index contributed by atoms with van der Waals surface area (Å²) < 4.78 is 10.4. The number of aromatic nitrogens is 1. The molecule has 8 heteroatoms. The number of aryl methyl sites for hydroxylation is 2. The van der Waals surface area contributed by atoms with E-state index in [1.54, 1.807) is 6.20 Å². The summed E-state index contributed by atoms with van der Waals surface area (Å²) in [4.78, 5) is 21.3. The topological polar surface area (TPSA) is 102 Å². The van der Waals surface area contributed by atoms with Crippen LogP contribution >= 0.6 is 0 Å². The molecule has 2 aromatic rings. The zero-order valence-corrected chi connectivity index (χ0v) is 19.6. The molecule has 0 saturated carbocycles. The Morgan fingerprint density at radius 1 is 1.22 bits per heavy atom. The molecule has 0 fully saturated rings. The lowest BCUT2D eigenvalue weighted by Crippen LogP contribution is -2.24. The molecular formula is C24H35N5O3. The van der Waals surface area contributed by atoms with Crippen molar-refractivity contribution >= 4 is 29.8 Å². The lowest BCUT2D eigenvalue weighted by Gasteiger charge is -2.25. The maximum absolute atomic E-state index is 10.7. The molecule has 3 N–H and O–H groups in total. The molecule has 2 heterocycles. The van der Waals surface area contributed by atoms with Crippen LogP contribution in [0.25, 0.3) is 0 Å². The summed E-state index contributed by atoms with van der Waals surface area (Å²) in [6, 6.07) is 5.98. The van der Waals surface area contributed by atoms with Gasteiger partial charge in [-0.2, -0.15) is 0 Å². The highest BCUT2D eigenvalue weighted by Crippen LogP contribution is 2.34. The van der Waals surface area contributed by atoms with Crippen LogP contribution in [0.1, 0.15) is 43.7 Å². The van der Waals surface area contributed by atoms with Gasteiger partial charge < -0.3 is 25.4 Å². The number of amides is 1. The third-order valence-corrected chi connectivity index (χ3v) is 5.36. The number of rotatable bonds is 10. The van der Waals surface area contributed by atoms with Gasteiger partial charge in [-0.15, -0.1) is 0 Å². The molecule has 3 rings (SSSR count). The Balaban J connectivity index is 0.000000273. The first-order valence-corrected chi connectivity index (χ1v) is 10.9. The summed E-state index contributed by atoms with van der Waals surface area (Å²) in [6.07, 6.45) is 5.07. The predicted octanol–water partition coefficient (Wildman–Crippen LogP) is 4.36. The summed E-state index contributed by atoms with van der Waals surface area (Å²) in [5.74, 6) is 2.24. The fraction of sp³-hybridized carbons (Fsp3) is 0.458. The molecule has 0 radical (unpaired) electrons. The van der Waals surface area contributed by atoms with E-state index in [-0.39, 0.29) is 5.91 Å². The second-order valence-electron chi connectivity index (χ2n) is 7.58. The number of hydrogen-bond donors (Lipinski definition) is 2. The van der Waals surface area contributed by atoms with Gasteiger partial charge in [-0.05, 0) is 69.7 Å². The van der Waals surface area contributed by atoms with Gasteiger partial charge in [0, 0.05) is 32.8 Å². The third-order valence-electron chi connectivity index (χ3n) is 5.36. The number of ether oxygens (including phenoxy) is 2. The van der Waals surface area contributed by atoms with Crippen LogP contribution in [0.3, 0.4) is 0 Å². The van der Waals surface area contributed by atoms with Crippen molar-refractivity contribution in [1.29, 1.82) is 0 Å². The SMILES string of the molecule is C=Nc1c(N(CC)CCCCCC(N)=O)ccnc1NC.Cc1cc2c(cc1C)OCO2. The van der Waals surface area contributed by atoms with Crippen LogP contribution in [0.4, 0.5) is 17.2 Å². The van der Waals surface area contributed by atoms with E-state index in [1.807, 2.05) is 25.2 Å². The van der Waals surface area contributed by atoms with Crippen molar-refractivity contribution in [1.82, 2.24) is 4.98 Å². The Morgan fingerprint density at radius 3 is 2.41 bits per heavy atom. The number of anilines is 2. The average molecular weight is 442 g/mol. The highest BCUT2D eigenvalue weighted by atomic mass is 16.7. The van der Waals surface area contributed by atoms with Gasteiger partial charge in [-0.25, -0.2) is 4.98 Å². The van der Waals surface area contributed by atoms with Crippen LogP contribution in [0.2, 0.25) is 0 Å². The van der Waals surface area contributed by atoms with Crippen molar-refractivity contribution in [3.05, 3.63) is 35.5 Å². The van der Waals surface area contributed by atoms with E-state index in [2.05, 4.69) is 47.7 Å². The standard InChI is InChI=1S/C15H25N5O.C9H10O2/c1-4-20(11-7-5-6-8-13(16)21)12-9-10-19-15(18-3)14(12)17-2;1-6-3-8-9(4-7(6)2)11-5-10-8/h9-10H,2,4-8,11H2,1,3H3,(H2,16,21)(H,18,19);3-4H,5H2,1-2H3. The Kier molecular flexibility index (Phi) is 9.78. The van der Waals surface area contributed by atoms with Crippen molar-refractivity contribution in [2.75, 3.05) is 37.1 Å². The number of hydrogen-bond acceptors (Lipinski definition) is 7. The fourth-order valence-corrected chi connectivity index (χ4v) is 3.41. The Hall–Kier alpha value is -3.29. The minimum absolute atomic E-state index is 0.228. The molecule has 0 unspecified atom stereocenters.